The number of hydrogen-bond acceptors (Lipinski definition) is 1. The molecule has 0 unspecified atom stereocenters. The number of benzene rings is 2. The molecule has 0 bridgehead atoms. The van der Waals surface area contributed by atoms with Gasteiger partial charge in [0.05, 0.1) is 6.54 Å². The number of halogens is 2. The molecule has 0 fully saturated rings. The number of carbonyl (C=O) groups excluding carboxylic acids is 1. The molecule has 1 heterocycles. The standard InChI is InChI=1S/C23H22Cl2N2O/c1-2-14-27(23(28)22(25)18-9-4-3-5-10-18)17-20-12-8-15-26(20)16-19-11-6-7-13-21(19)24/h2-13,15,22H,1,14,16-17H2/t22-/m1/s1. The van der Waals surface area contributed by atoms with Gasteiger partial charge in [-0.1, -0.05) is 66.2 Å². The van der Waals surface area contributed by atoms with E-state index in [4.69, 9.17) is 23.2 Å². The first kappa shape index (κ1) is 20.2. The Balaban J connectivity index is 1.78. The SMILES string of the molecule is C=CCN(Cc1cccn1Cc1ccccc1Cl)C(=O)[C@H](Cl)c1ccccc1. The van der Waals surface area contributed by atoms with Gasteiger partial charge < -0.3 is 9.47 Å². The second-order valence-corrected chi connectivity index (χ2v) is 7.34. The molecule has 0 saturated carbocycles. The highest BCUT2D eigenvalue weighted by Crippen LogP contribution is 2.24. The van der Waals surface area contributed by atoms with Crippen LogP contribution in [0.15, 0.2) is 85.6 Å². The second kappa shape index (κ2) is 9.63. The van der Waals surface area contributed by atoms with Crippen LogP contribution in [0.3, 0.4) is 0 Å². The molecule has 3 aromatic rings. The fourth-order valence-corrected chi connectivity index (χ4v) is 3.55. The van der Waals surface area contributed by atoms with E-state index in [0.717, 1.165) is 21.8 Å². The van der Waals surface area contributed by atoms with Crippen molar-refractivity contribution in [3.63, 3.8) is 0 Å². The summed E-state index contributed by atoms with van der Waals surface area (Å²) in [5.74, 6) is -0.140. The molecule has 1 atom stereocenters. The van der Waals surface area contributed by atoms with Crippen molar-refractivity contribution in [3.8, 4) is 0 Å². The van der Waals surface area contributed by atoms with Crippen molar-refractivity contribution in [2.24, 2.45) is 0 Å². The fourth-order valence-electron chi connectivity index (χ4n) is 3.07. The minimum Gasteiger partial charge on any atom is -0.345 e. The van der Waals surface area contributed by atoms with Gasteiger partial charge in [0, 0.05) is 30.0 Å². The second-order valence-electron chi connectivity index (χ2n) is 6.50. The summed E-state index contributed by atoms with van der Waals surface area (Å²) in [5, 5.41) is -0.000737. The lowest BCUT2D eigenvalue weighted by Gasteiger charge is -2.25. The van der Waals surface area contributed by atoms with E-state index >= 15 is 0 Å². The van der Waals surface area contributed by atoms with Crippen molar-refractivity contribution in [3.05, 3.63) is 107 Å². The number of carbonyl (C=O) groups is 1. The zero-order valence-electron chi connectivity index (χ0n) is 15.5. The predicted octanol–water partition coefficient (Wildman–Crippen LogP) is 5.68. The van der Waals surface area contributed by atoms with Gasteiger partial charge in [-0.2, -0.15) is 0 Å². The van der Waals surface area contributed by atoms with E-state index in [9.17, 15) is 4.79 Å². The average Bonchev–Trinajstić information content (AvgIpc) is 3.15. The van der Waals surface area contributed by atoms with Gasteiger partial charge in [0.1, 0.15) is 5.38 Å². The number of aromatic nitrogens is 1. The van der Waals surface area contributed by atoms with Crippen LogP contribution in [-0.2, 0) is 17.9 Å². The van der Waals surface area contributed by atoms with Gasteiger partial charge in [-0.05, 0) is 29.3 Å². The van der Waals surface area contributed by atoms with Crippen molar-refractivity contribution >= 4 is 29.1 Å². The molecule has 0 aliphatic heterocycles. The number of amides is 1. The van der Waals surface area contributed by atoms with Gasteiger partial charge in [-0.15, -0.1) is 18.2 Å². The fraction of sp³-hybridized carbons (Fsp3) is 0.174. The minimum absolute atomic E-state index is 0.140. The molecule has 1 aromatic heterocycles. The molecule has 1 amide bonds. The summed E-state index contributed by atoms with van der Waals surface area (Å²) in [6, 6.07) is 21.1. The Kier molecular flexibility index (Phi) is 6.96. The zero-order valence-corrected chi connectivity index (χ0v) is 17.0. The number of alkyl halides is 1. The maximum Gasteiger partial charge on any atom is 0.245 e. The summed E-state index contributed by atoms with van der Waals surface area (Å²) in [6.45, 7) is 5.29. The van der Waals surface area contributed by atoms with E-state index < -0.39 is 5.38 Å². The molecular formula is C23H22Cl2N2O. The molecule has 28 heavy (non-hydrogen) atoms. The predicted molar refractivity (Wildman–Crippen MR) is 116 cm³/mol. The molecule has 0 radical (unpaired) electrons. The number of rotatable bonds is 8. The van der Waals surface area contributed by atoms with E-state index in [1.807, 2.05) is 72.9 Å². The lowest BCUT2D eigenvalue weighted by molar-refractivity contribution is -0.131. The van der Waals surface area contributed by atoms with Crippen molar-refractivity contribution in [2.75, 3.05) is 6.54 Å². The Morgan fingerprint density at radius 3 is 2.50 bits per heavy atom. The highest BCUT2D eigenvalue weighted by atomic mass is 35.5. The Morgan fingerprint density at radius 2 is 1.79 bits per heavy atom. The third-order valence-electron chi connectivity index (χ3n) is 4.55. The largest absolute Gasteiger partial charge is 0.345 e. The number of nitrogens with zero attached hydrogens (tertiary/aromatic N) is 2. The van der Waals surface area contributed by atoms with Gasteiger partial charge in [0.25, 0.3) is 0 Å². The van der Waals surface area contributed by atoms with Gasteiger partial charge in [0.15, 0.2) is 0 Å². The molecule has 0 saturated heterocycles. The molecule has 5 heteroatoms. The molecule has 2 aromatic carbocycles. The maximum absolute atomic E-state index is 13.0. The quantitative estimate of drug-likeness (QED) is 0.344. The summed E-state index contributed by atoms with van der Waals surface area (Å²) >= 11 is 12.8. The molecular weight excluding hydrogens is 391 g/mol. The van der Waals surface area contributed by atoms with Gasteiger partial charge in [-0.3, -0.25) is 4.79 Å². The Morgan fingerprint density at radius 1 is 1.07 bits per heavy atom. The van der Waals surface area contributed by atoms with E-state index in [-0.39, 0.29) is 5.91 Å². The van der Waals surface area contributed by atoms with Crippen molar-refractivity contribution in [1.29, 1.82) is 0 Å². The van der Waals surface area contributed by atoms with E-state index in [0.29, 0.717) is 19.6 Å². The van der Waals surface area contributed by atoms with Crippen LogP contribution in [0.1, 0.15) is 22.2 Å². The normalized spacial score (nSPS) is 11.8. The third kappa shape index (κ3) is 4.86. The Hall–Kier alpha value is -2.49. The zero-order chi connectivity index (χ0) is 19.9. The molecule has 0 aliphatic carbocycles. The van der Waals surface area contributed by atoms with Crippen LogP contribution in [-0.4, -0.2) is 21.9 Å². The summed E-state index contributed by atoms with van der Waals surface area (Å²) in [6.07, 6.45) is 3.71. The smallest absolute Gasteiger partial charge is 0.245 e. The summed E-state index contributed by atoms with van der Waals surface area (Å²) in [7, 11) is 0. The Bertz CT molecular complexity index is 937. The molecule has 3 rings (SSSR count). The van der Waals surface area contributed by atoms with E-state index in [1.165, 1.54) is 0 Å². The lowest BCUT2D eigenvalue weighted by atomic mass is 10.1. The van der Waals surface area contributed by atoms with Gasteiger partial charge in [-0.25, -0.2) is 0 Å². The third-order valence-corrected chi connectivity index (χ3v) is 5.35. The minimum atomic E-state index is -0.729. The molecule has 3 nitrogen and oxygen atoms in total. The Labute approximate surface area is 175 Å². The topological polar surface area (TPSA) is 25.2 Å². The lowest BCUT2D eigenvalue weighted by Crippen LogP contribution is -2.34. The number of hydrogen-bond donors (Lipinski definition) is 0. The van der Waals surface area contributed by atoms with Crippen LogP contribution in [0.2, 0.25) is 5.02 Å². The van der Waals surface area contributed by atoms with Crippen LogP contribution in [0.5, 0.6) is 0 Å². The first-order valence-corrected chi connectivity index (χ1v) is 9.87. The summed E-state index contributed by atoms with van der Waals surface area (Å²) < 4.78 is 2.09. The van der Waals surface area contributed by atoms with E-state index in [1.54, 1.807) is 11.0 Å². The van der Waals surface area contributed by atoms with Crippen molar-refractivity contribution in [1.82, 2.24) is 9.47 Å². The highest BCUT2D eigenvalue weighted by molar-refractivity contribution is 6.31. The van der Waals surface area contributed by atoms with Crippen LogP contribution >= 0.6 is 23.2 Å². The summed E-state index contributed by atoms with van der Waals surface area (Å²) in [5.41, 5.74) is 2.82. The van der Waals surface area contributed by atoms with Gasteiger partial charge in [0.2, 0.25) is 5.91 Å². The van der Waals surface area contributed by atoms with Crippen LogP contribution in [0, 0.1) is 0 Å². The molecule has 0 N–H and O–H groups in total. The van der Waals surface area contributed by atoms with Crippen LogP contribution in [0.4, 0.5) is 0 Å². The monoisotopic (exact) mass is 412 g/mol. The van der Waals surface area contributed by atoms with Crippen LogP contribution in [0.25, 0.3) is 0 Å². The maximum atomic E-state index is 13.0. The van der Waals surface area contributed by atoms with E-state index in [2.05, 4.69) is 11.1 Å². The molecule has 0 spiro atoms. The van der Waals surface area contributed by atoms with Crippen LogP contribution < -0.4 is 0 Å². The average molecular weight is 413 g/mol. The molecule has 144 valence electrons. The van der Waals surface area contributed by atoms with Crippen molar-refractivity contribution < 1.29 is 4.79 Å². The highest BCUT2D eigenvalue weighted by Gasteiger charge is 2.24. The van der Waals surface area contributed by atoms with Gasteiger partial charge >= 0.3 is 0 Å². The first-order chi connectivity index (χ1) is 13.6. The summed E-state index contributed by atoms with van der Waals surface area (Å²) in [4.78, 5) is 14.7. The van der Waals surface area contributed by atoms with Crippen molar-refractivity contribution in [2.45, 2.75) is 18.5 Å². The first-order valence-electron chi connectivity index (χ1n) is 9.06. The molecule has 0 aliphatic rings.